The van der Waals surface area contributed by atoms with E-state index in [4.69, 9.17) is 4.42 Å². The topological polar surface area (TPSA) is 49.2 Å². The molecule has 0 bridgehead atoms. The molecule has 4 nitrogen and oxygen atoms in total. The molecule has 2 aromatic heterocycles. The molecule has 1 N–H and O–H groups in total. The van der Waals surface area contributed by atoms with Crippen molar-refractivity contribution in [1.29, 1.82) is 0 Å². The predicted octanol–water partition coefficient (Wildman–Crippen LogP) is 2.89. The third-order valence-corrected chi connectivity index (χ3v) is 3.57. The number of H-pyrrole nitrogens is 1. The molecule has 3 heterocycles. The zero-order valence-electron chi connectivity index (χ0n) is 10.3. The fraction of sp³-hybridized carbons (Fsp3) is 0.357. The summed E-state index contributed by atoms with van der Waals surface area (Å²) in [5.41, 5.74) is 1.68. The Labute approximate surface area is 106 Å². The number of furan rings is 1. The molecule has 0 spiro atoms. The number of hydrogen-bond acceptors (Lipinski definition) is 2. The van der Waals surface area contributed by atoms with Gasteiger partial charge >= 0.3 is 0 Å². The van der Waals surface area contributed by atoms with Crippen molar-refractivity contribution in [2.75, 3.05) is 6.54 Å². The van der Waals surface area contributed by atoms with Gasteiger partial charge < -0.3 is 14.3 Å². The van der Waals surface area contributed by atoms with Crippen LogP contribution in [0, 0.1) is 6.92 Å². The van der Waals surface area contributed by atoms with E-state index in [0.29, 0.717) is 0 Å². The van der Waals surface area contributed by atoms with Crippen molar-refractivity contribution < 1.29 is 9.21 Å². The molecule has 1 aliphatic heterocycles. The number of carbonyl (C=O) groups is 1. The maximum absolute atomic E-state index is 12.5. The van der Waals surface area contributed by atoms with E-state index in [1.807, 2.05) is 30.0 Å². The second-order valence-corrected chi connectivity index (χ2v) is 4.69. The number of hydrogen-bond donors (Lipinski definition) is 1. The molecule has 1 unspecified atom stereocenters. The molecular formula is C14H16N2O2. The van der Waals surface area contributed by atoms with E-state index in [1.54, 1.807) is 12.5 Å². The Kier molecular flexibility index (Phi) is 2.70. The average molecular weight is 244 g/mol. The number of aromatic nitrogens is 1. The van der Waals surface area contributed by atoms with Gasteiger partial charge in [0.15, 0.2) is 0 Å². The first-order valence-electron chi connectivity index (χ1n) is 6.25. The number of aryl methyl sites for hydroxylation is 1. The van der Waals surface area contributed by atoms with Gasteiger partial charge in [-0.25, -0.2) is 0 Å². The SMILES string of the molecule is Cc1[nH]ccc1C(=O)N1CCCC1c1ccco1. The third-order valence-electron chi connectivity index (χ3n) is 3.57. The lowest BCUT2D eigenvalue weighted by Crippen LogP contribution is -2.30. The maximum Gasteiger partial charge on any atom is 0.256 e. The average Bonchev–Trinajstić information content (AvgIpc) is 3.09. The van der Waals surface area contributed by atoms with E-state index < -0.39 is 0 Å². The molecule has 94 valence electrons. The van der Waals surface area contributed by atoms with Crippen LogP contribution in [0.15, 0.2) is 35.1 Å². The van der Waals surface area contributed by atoms with Crippen LogP contribution in [0.1, 0.15) is 40.7 Å². The summed E-state index contributed by atoms with van der Waals surface area (Å²) >= 11 is 0. The maximum atomic E-state index is 12.5. The van der Waals surface area contributed by atoms with Gasteiger partial charge in [0.25, 0.3) is 5.91 Å². The Balaban J connectivity index is 1.88. The monoisotopic (exact) mass is 244 g/mol. The molecule has 1 aliphatic rings. The fourth-order valence-electron chi connectivity index (χ4n) is 2.63. The number of nitrogens with one attached hydrogen (secondary N) is 1. The molecule has 0 saturated carbocycles. The van der Waals surface area contributed by atoms with Gasteiger partial charge in [0, 0.05) is 18.4 Å². The van der Waals surface area contributed by atoms with Crippen molar-refractivity contribution in [1.82, 2.24) is 9.88 Å². The van der Waals surface area contributed by atoms with Gasteiger partial charge in [0.2, 0.25) is 0 Å². The first-order chi connectivity index (χ1) is 8.77. The standard InChI is InChI=1S/C14H16N2O2/c1-10-11(6-7-15-10)14(17)16-8-2-4-12(16)13-5-3-9-18-13/h3,5-7,9,12,15H,2,4,8H2,1H3. The van der Waals surface area contributed by atoms with E-state index in [2.05, 4.69) is 4.98 Å². The molecule has 4 heteroatoms. The first-order valence-corrected chi connectivity index (χ1v) is 6.25. The molecule has 0 aromatic carbocycles. The summed E-state index contributed by atoms with van der Waals surface area (Å²) in [5, 5.41) is 0. The van der Waals surface area contributed by atoms with E-state index in [9.17, 15) is 4.79 Å². The molecule has 1 fully saturated rings. The smallest absolute Gasteiger partial charge is 0.256 e. The first kappa shape index (κ1) is 11.1. The summed E-state index contributed by atoms with van der Waals surface area (Å²) < 4.78 is 5.44. The number of likely N-dealkylation sites (tertiary alicyclic amines) is 1. The van der Waals surface area contributed by atoms with Crippen LogP contribution in [-0.2, 0) is 0 Å². The highest BCUT2D eigenvalue weighted by molar-refractivity contribution is 5.95. The van der Waals surface area contributed by atoms with Crippen molar-refractivity contribution in [2.45, 2.75) is 25.8 Å². The van der Waals surface area contributed by atoms with Gasteiger partial charge in [-0.15, -0.1) is 0 Å². The number of aromatic amines is 1. The molecule has 1 atom stereocenters. The minimum Gasteiger partial charge on any atom is -0.467 e. The molecule has 3 rings (SSSR count). The van der Waals surface area contributed by atoms with Crippen molar-refractivity contribution in [3.05, 3.63) is 47.7 Å². The van der Waals surface area contributed by atoms with Crippen LogP contribution in [0.3, 0.4) is 0 Å². The van der Waals surface area contributed by atoms with Gasteiger partial charge in [0.05, 0.1) is 17.9 Å². The van der Waals surface area contributed by atoms with Crippen molar-refractivity contribution >= 4 is 5.91 Å². The Hall–Kier alpha value is -1.97. The molecular weight excluding hydrogens is 228 g/mol. The van der Waals surface area contributed by atoms with Gasteiger partial charge in [-0.2, -0.15) is 0 Å². The number of amides is 1. The van der Waals surface area contributed by atoms with Crippen LogP contribution < -0.4 is 0 Å². The quantitative estimate of drug-likeness (QED) is 0.883. The van der Waals surface area contributed by atoms with Gasteiger partial charge in [-0.3, -0.25) is 4.79 Å². The summed E-state index contributed by atoms with van der Waals surface area (Å²) in [5.74, 6) is 0.974. The highest BCUT2D eigenvalue weighted by Crippen LogP contribution is 2.33. The zero-order chi connectivity index (χ0) is 12.5. The minimum atomic E-state index is 0.0850. The summed E-state index contributed by atoms with van der Waals surface area (Å²) in [7, 11) is 0. The third kappa shape index (κ3) is 1.74. The Bertz CT molecular complexity index is 542. The van der Waals surface area contributed by atoms with E-state index in [-0.39, 0.29) is 11.9 Å². The lowest BCUT2D eigenvalue weighted by Gasteiger charge is -2.23. The highest BCUT2D eigenvalue weighted by atomic mass is 16.3. The minimum absolute atomic E-state index is 0.0850. The predicted molar refractivity (Wildman–Crippen MR) is 67.2 cm³/mol. The molecule has 1 saturated heterocycles. The Morgan fingerprint density at radius 3 is 3.06 bits per heavy atom. The van der Waals surface area contributed by atoms with E-state index in [0.717, 1.165) is 36.4 Å². The lowest BCUT2D eigenvalue weighted by molar-refractivity contribution is 0.0719. The fourth-order valence-corrected chi connectivity index (χ4v) is 2.63. The zero-order valence-corrected chi connectivity index (χ0v) is 10.3. The van der Waals surface area contributed by atoms with Crippen molar-refractivity contribution in [3.63, 3.8) is 0 Å². The van der Waals surface area contributed by atoms with Crippen molar-refractivity contribution in [2.24, 2.45) is 0 Å². The second kappa shape index (κ2) is 4.37. The summed E-state index contributed by atoms with van der Waals surface area (Å²) in [4.78, 5) is 17.5. The Morgan fingerprint density at radius 1 is 1.50 bits per heavy atom. The molecule has 0 radical (unpaired) electrons. The number of carbonyl (C=O) groups excluding carboxylic acids is 1. The highest BCUT2D eigenvalue weighted by Gasteiger charge is 2.32. The lowest BCUT2D eigenvalue weighted by atomic mass is 10.1. The summed E-state index contributed by atoms with van der Waals surface area (Å²) in [6.45, 7) is 2.72. The van der Waals surface area contributed by atoms with Crippen LogP contribution in [0.5, 0.6) is 0 Å². The van der Waals surface area contributed by atoms with Crippen LogP contribution >= 0.6 is 0 Å². The summed E-state index contributed by atoms with van der Waals surface area (Å²) in [6.07, 6.45) is 5.47. The van der Waals surface area contributed by atoms with Crippen LogP contribution in [0.2, 0.25) is 0 Å². The number of nitrogens with zero attached hydrogens (tertiary/aromatic N) is 1. The van der Waals surface area contributed by atoms with Crippen molar-refractivity contribution in [3.8, 4) is 0 Å². The molecule has 0 aliphatic carbocycles. The molecule has 18 heavy (non-hydrogen) atoms. The van der Waals surface area contributed by atoms with E-state index in [1.165, 1.54) is 0 Å². The molecule has 1 amide bonds. The van der Waals surface area contributed by atoms with Crippen LogP contribution in [-0.4, -0.2) is 22.3 Å². The molecule has 2 aromatic rings. The van der Waals surface area contributed by atoms with Gasteiger partial charge in [-0.1, -0.05) is 0 Å². The van der Waals surface area contributed by atoms with Gasteiger partial charge in [0.1, 0.15) is 5.76 Å². The summed E-state index contributed by atoms with van der Waals surface area (Å²) in [6, 6.07) is 5.74. The van der Waals surface area contributed by atoms with Gasteiger partial charge in [-0.05, 0) is 38.0 Å². The largest absolute Gasteiger partial charge is 0.467 e. The Morgan fingerprint density at radius 2 is 2.39 bits per heavy atom. The second-order valence-electron chi connectivity index (χ2n) is 4.69. The van der Waals surface area contributed by atoms with Crippen LogP contribution in [0.25, 0.3) is 0 Å². The number of rotatable bonds is 2. The van der Waals surface area contributed by atoms with E-state index >= 15 is 0 Å². The van der Waals surface area contributed by atoms with Crippen LogP contribution in [0.4, 0.5) is 0 Å². The normalized spacial score (nSPS) is 19.4.